The lowest BCUT2D eigenvalue weighted by atomic mass is 10.3. The fourth-order valence-corrected chi connectivity index (χ4v) is 3.70. The fourth-order valence-electron chi connectivity index (χ4n) is 2.77. The van der Waals surface area contributed by atoms with Crippen molar-refractivity contribution in [2.45, 2.75) is 40.0 Å². The van der Waals surface area contributed by atoms with Gasteiger partial charge in [-0.1, -0.05) is 6.07 Å². The van der Waals surface area contributed by atoms with Crippen molar-refractivity contribution in [2.75, 3.05) is 19.6 Å². The quantitative estimate of drug-likeness (QED) is 0.210. The zero-order chi connectivity index (χ0) is 19.1. The third-order valence-electron chi connectivity index (χ3n) is 4.26. The highest BCUT2D eigenvalue weighted by atomic mass is 127. The first-order chi connectivity index (χ1) is 13.2. The normalized spacial score (nSPS) is 11.5. The maximum absolute atomic E-state index is 4.67. The van der Waals surface area contributed by atoms with Gasteiger partial charge in [-0.3, -0.25) is 9.39 Å². The average Bonchev–Trinajstić information content (AvgIpc) is 3.22. The van der Waals surface area contributed by atoms with Gasteiger partial charge in [0.05, 0.1) is 10.7 Å². The molecule has 0 saturated carbocycles. The Morgan fingerprint density at radius 3 is 2.79 bits per heavy atom. The van der Waals surface area contributed by atoms with Gasteiger partial charge in [0.1, 0.15) is 5.82 Å². The van der Waals surface area contributed by atoms with E-state index in [0.29, 0.717) is 0 Å². The van der Waals surface area contributed by atoms with Crippen molar-refractivity contribution in [3.8, 4) is 0 Å². The van der Waals surface area contributed by atoms with Crippen molar-refractivity contribution in [3.63, 3.8) is 0 Å². The Morgan fingerprint density at radius 2 is 2.04 bits per heavy atom. The molecule has 9 heteroatoms. The van der Waals surface area contributed by atoms with Gasteiger partial charge in [0.15, 0.2) is 11.6 Å². The van der Waals surface area contributed by atoms with Crippen LogP contribution in [0.4, 0.5) is 0 Å². The summed E-state index contributed by atoms with van der Waals surface area (Å²) in [5.41, 5.74) is 2.02. The average molecular weight is 513 g/mol. The van der Waals surface area contributed by atoms with Crippen molar-refractivity contribution >= 4 is 46.9 Å². The van der Waals surface area contributed by atoms with E-state index in [1.165, 1.54) is 9.88 Å². The summed E-state index contributed by atoms with van der Waals surface area (Å²) in [6.45, 7) is 8.67. The lowest BCUT2D eigenvalue weighted by Gasteiger charge is -2.10. The number of halogens is 1. The van der Waals surface area contributed by atoms with Crippen LogP contribution in [-0.2, 0) is 12.8 Å². The molecule has 7 nitrogen and oxygen atoms in total. The minimum absolute atomic E-state index is 0. The van der Waals surface area contributed by atoms with Crippen molar-refractivity contribution in [3.05, 3.63) is 45.8 Å². The second kappa shape index (κ2) is 11.3. The Kier molecular flexibility index (Phi) is 9.10. The number of pyridine rings is 1. The number of aromatic nitrogens is 4. The van der Waals surface area contributed by atoms with E-state index in [0.717, 1.165) is 62.0 Å². The number of aryl methyl sites for hydroxylation is 3. The highest BCUT2D eigenvalue weighted by molar-refractivity contribution is 14.0. The first-order valence-electron chi connectivity index (χ1n) is 9.41. The minimum Gasteiger partial charge on any atom is -0.357 e. The summed E-state index contributed by atoms with van der Waals surface area (Å²) in [4.78, 5) is 10.5. The molecule has 0 radical (unpaired) electrons. The van der Waals surface area contributed by atoms with Crippen LogP contribution in [0.2, 0.25) is 0 Å². The SMILES string of the molecule is CCNC(=NCCCc1nnc2ccccn12)NCCc1nc(C)c(C)s1.I. The molecular weight excluding hydrogens is 485 g/mol. The Balaban J connectivity index is 0.00000280. The number of guanidine groups is 1. The van der Waals surface area contributed by atoms with Gasteiger partial charge in [-0.15, -0.1) is 45.5 Å². The molecule has 3 aromatic rings. The standard InChI is InChI=1S/C19H27N7S.HI/c1-4-20-19(22-12-10-18-23-14(2)15(3)27-18)21-11-7-9-17-25-24-16-8-5-6-13-26(16)17;/h5-6,8,13H,4,7,9-12H2,1-3H3,(H2,20,21,22);1H. The van der Waals surface area contributed by atoms with E-state index >= 15 is 0 Å². The van der Waals surface area contributed by atoms with Crippen molar-refractivity contribution < 1.29 is 0 Å². The molecule has 2 N–H and O–H groups in total. The smallest absolute Gasteiger partial charge is 0.191 e. The molecule has 3 aromatic heterocycles. The number of rotatable bonds is 8. The van der Waals surface area contributed by atoms with Gasteiger partial charge in [-0.25, -0.2) is 4.98 Å². The molecule has 152 valence electrons. The summed E-state index contributed by atoms with van der Waals surface area (Å²) < 4.78 is 2.03. The molecule has 0 aliphatic heterocycles. The molecular formula is C19H28IN7S. The molecule has 0 spiro atoms. The number of fused-ring (bicyclic) bond motifs is 1. The van der Waals surface area contributed by atoms with Crippen LogP contribution in [0.15, 0.2) is 29.4 Å². The van der Waals surface area contributed by atoms with Gasteiger partial charge < -0.3 is 10.6 Å². The number of nitrogens with one attached hydrogen (secondary N) is 2. The molecule has 0 fully saturated rings. The zero-order valence-corrected chi connectivity index (χ0v) is 19.8. The number of nitrogens with zero attached hydrogens (tertiary/aromatic N) is 5. The predicted octanol–water partition coefficient (Wildman–Crippen LogP) is 3.15. The van der Waals surface area contributed by atoms with Gasteiger partial charge in [-0.2, -0.15) is 0 Å². The lowest BCUT2D eigenvalue weighted by Crippen LogP contribution is -2.38. The third-order valence-corrected chi connectivity index (χ3v) is 5.39. The molecule has 0 aliphatic rings. The molecule has 0 aromatic carbocycles. The fraction of sp³-hybridized carbons (Fsp3) is 0.474. The van der Waals surface area contributed by atoms with Crippen molar-refractivity contribution in [1.29, 1.82) is 0 Å². The highest BCUT2D eigenvalue weighted by Crippen LogP contribution is 2.16. The Labute approximate surface area is 187 Å². The summed E-state index contributed by atoms with van der Waals surface area (Å²) in [5.74, 6) is 1.84. The summed E-state index contributed by atoms with van der Waals surface area (Å²) in [6, 6.07) is 5.94. The van der Waals surface area contributed by atoms with Gasteiger partial charge in [0, 0.05) is 43.5 Å². The summed E-state index contributed by atoms with van der Waals surface area (Å²) in [5, 5.41) is 16.3. The van der Waals surface area contributed by atoms with Crippen LogP contribution in [0.25, 0.3) is 5.65 Å². The third kappa shape index (κ3) is 6.13. The molecule has 28 heavy (non-hydrogen) atoms. The predicted molar refractivity (Wildman–Crippen MR) is 126 cm³/mol. The van der Waals surface area contributed by atoms with Gasteiger partial charge >= 0.3 is 0 Å². The van der Waals surface area contributed by atoms with Gasteiger partial charge in [0.2, 0.25) is 0 Å². The number of aliphatic imine (C=N–C) groups is 1. The molecule has 0 atom stereocenters. The van der Waals surface area contributed by atoms with Crippen molar-refractivity contribution in [1.82, 2.24) is 30.2 Å². The van der Waals surface area contributed by atoms with E-state index in [2.05, 4.69) is 51.6 Å². The molecule has 3 heterocycles. The van der Waals surface area contributed by atoms with Gasteiger partial charge in [0.25, 0.3) is 0 Å². The Bertz CT molecular complexity index is 883. The minimum atomic E-state index is 0. The number of hydrogen-bond donors (Lipinski definition) is 2. The molecule has 0 bridgehead atoms. The second-order valence-electron chi connectivity index (χ2n) is 6.34. The van der Waals surface area contributed by atoms with Gasteiger partial charge in [-0.05, 0) is 39.3 Å². The van der Waals surface area contributed by atoms with Crippen LogP contribution in [0, 0.1) is 13.8 Å². The topological polar surface area (TPSA) is 79.5 Å². The van der Waals surface area contributed by atoms with Crippen LogP contribution in [-0.4, -0.2) is 45.2 Å². The van der Waals surface area contributed by atoms with Crippen LogP contribution < -0.4 is 10.6 Å². The first-order valence-corrected chi connectivity index (χ1v) is 10.2. The zero-order valence-electron chi connectivity index (χ0n) is 16.6. The maximum atomic E-state index is 4.67. The summed E-state index contributed by atoms with van der Waals surface area (Å²) in [7, 11) is 0. The van der Waals surface area contributed by atoms with E-state index in [1.54, 1.807) is 11.3 Å². The second-order valence-corrected chi connectivity index (χ2v) is 7.62. The van der Waals surface area contributed by atoms with Crippen LogP contribution in [0.5, 0.6) is 0 Å². The molecule has 3 rings (SSSR count). The van der Waals surface area contributed by atoms with E-state index in [-0.39, 0.29) is 24.0 Å². The molecule has 0 amide bonds. The molecule has 0 aliphatic carbocycles. The number of hydrogen-bond acceptors (Lipinski definition) is 5. The largest absolute Gasteiger partial charge is 0.357 e. The first kappa shape index (κ1) is 22.5. The van der Waals surface area contributed by atoms with E-state index < -0.39 is 0 Å². The number of thiazole rings is 1. The summed E-state index contributed by atoms with van der Waals surface area (Å²) in [6.07, 6.45) is 4.69. The van der Waals surface area contributed by atoms with Crippen LogP contribution >= 0.6 is 35.3 Å². The van der Waals surface area contributed by atoms with Crippen LogP contribution in [0.1, 0.15) is 34.7 Å². The molecule has 0 unspecified atom stereocenters. The summed E-state index contributed by atoms with van der Waals surface area (Å²) >= 11 is 1.77. The maximum Gasteiger partial charge on any atom is 0.191 e. The highest BCUT2D eigenvalue weighted by Gasteiger charge is 2.05. The van der Waals surface area contributed by atoms with E-state index in [1.807, 2.05) is 28.8 Å². The van der Waals surface area contributed by atoms with Crippen molar-refractivity contribution in [2.24, 2.45) is 4.99 Å². The lowest BCUT2D eigenvalue weighted by molar-refractivity contribution is 0.749. The van der Waals surface area contributed by atoms with E-state index in [9.17, 15) is 0 Å². The Hall–Kier alpha value is -1.75. The Morgan fingerprint density at radius 1 is 1.18 bits per heavy atom. The van der Waals surface area contributed by atoms with E-state index in [4.69, 9.17) is 0 Å². The molecule has 0 saturated heterocycles. The van der Waals surface area contributed by atoms with Crippen LogP contribution in [0.3, 0.4) is 0 Å². The monoisotopic (exact) mass is 513 g/mol.